The molecule has 1 aliphatic rings. The van der Waals surface area contributed by atoms with Crippen molar-refractivity contribution in [2.75, 3.05) is 6.54 Å². The first-order valence-corrected chi connectivity index (χ1v) is 8.41. The second-order valence-electron chi connectivity index (χ2n) is 6.39. The van der Waals surface area contributed by atoms with Crippen molar-refractivity contribution < 1.29 is 4.79 Å². The number of aromatic nitrogens is 5. The Hall–Kier alpha value is -2.96. The molecule has 0 aliphatic carbocycles. The number of amides is 1. The van der Waals surface area contributed by atoms with Crippen molar-refractivity contribution in [1.29, 1.82) is 0 Å². The summed E-state index contributed by atoms with van der Waals surface area (Å²) in [5.41, 5.74) is 2.92. The number of likely N-dealkylation sites (tertiary alicyclic amines) is 1. The molecule has 1 saturated heterocycles. The SMILES string of the molecule is Cn1cc([C@@H]2CCCN2C(=O)c2ccc(Cn3cncn3)cc2)cn1. The largest absolute Gasteiger partial charge is 0.331 e. The first-order valence-electron chi connectivity index (χ1n) is 8.41. The Kier molecular flexibility index (Phi) is 4.05. The highest BCUT2D eigenvalue weighted by molar-refractivity contribution is 5.94. The van der Waals surface area contributed by atoms with Crippen molar-refractivity contribution in [3.63, 3.8) is 0 Å². The van der Waals surface area contributed by atoms with Crippen molar-refractivity contribution >= 4 is 5.91 Å². The van der Waals surface area contributed by atoms with E-state index in [0.29, 0.717) is 6.54 Å². The van der Waals surface area contributed by atoms with Crippen molar-refractivity contribution in [3.8, 4) is 0 Å². The summed E-state index contributed by atoms with van der Waals surface area (Å²) < 4.78 is 3.55. The first kappa shape index (κ1) is 15.6. The maximum atomic E-state index is 12.9. The molecule has 1 aromatic carbocycles. The predicted octanol–water partition coefficient (Wildman–Crippen LogP) is 2.04. The predicted molar refractivity (Wildman–Crippen MR) is 91.8 cm³/mol. The van der Waals surface area contributed by atoms with E-state index in [1.54, 1.807) is 15.7 Å². The molecule has 0 spiro atoms. The molecule has 0 saturated carbocycles. The van der Waals surface area contributed by atoms with E-state index in [2.05, 4.69) is 15.2 Å². The second-order valence-corrected chi connectivity index (χ2v) is 6.39. The average molecular weight is 336 g/mol. The average Bonchev–Trinajstić information content (AvgIpc) is 3.36. The number of nitrogens with zero attached hydrogens (tertiary/aromatic N) is 6. The van der Waals surface area contributed by atoms with E-state index in [-0.39, 0.29) is 11.9 Å². The summed E-state index contributed by atoms with van der Waals surface area (Å²) in [7, 11) is 1.90. The standard InChI is InChI=1S/C18H20N6O/c1-22-11-16(9-20-22)17-3-2-8-24(17)18(25)15-6-4-14(5-7-15)10-23-13-19-12-21-23/h4-7,9,11-13,17H,2-3,8,10H2,1H3/t17-/m0/s1. The Morgan fingerprint density at radius 2 is 2.08 bits per heavy atom. The fraction of sp³-hybridized carbons (Fsp3) is 0.333. The van der Waals surface area contributed by atoms with Crippen LogP contribution in [0.3, 0.4) is 0 Å². The molecule has 0 radical (unpaired) electrons. The molecule has 7 heteroatoms. The van der Waals surface area contributed by atoms with Gasteiger partial charge in [0.25, 0.3) is 5.91 Å². The number of hydrogen-bond acceptors (Lipinski definition) is 4. The van der Waals surface area contributed by atoms with Gasteiger partial charge >= 0.3 is 0 Å². The topological polar surface area (TPSA) is 68.8 Å². The molecule has 1 aliphatic heterocycles. The van der Waals surface area contributed by atoms with Gasteiger partial charge in [0.05, 0.1) is 18.8 Å². The summed E-state index contributed by atoms with van der Waals surface area (Å²) in [4.78, 5) is 18.8. The molecule has 0 unspecified atom stereocenters. The van der Waals surface area contributed by atoms with Crippen LogP contribution in [0.1, 0.15) is 40.4 Å². The minimum atomic E-state index is 0.0821. The van der Waals surface area contributed by atoms with Gasteiger partial charge in [0.2, 0.25) is 0 Å². The summed E-state index contributed by atoms with van der Waals surface area (Å²) in [6.07, 6.45) is 9.07. The third kappa shape index (κ3) is 3.17. The van der Waals surface area contributed by atoms with Gasteiger partial charge in [-0.15, -0.1) is 0 Å². The van der Waals surface area contributed by atoms with Gasteiger partial charge < -0.3 is 4.90 Å². The van der Waals surface area contributed by atoms with Gasteiger partial charge in [0.1, 0.15) is 12.7 Å². The minimum absolute atomic E-state index is 0.0821. The van der Waals surface area contributed by atoms with E-state index in [0.717, 1.165) is 36.1 Å². The Morgan fingerprint density at radius 3 is 2.76 bits per heavy atom. The van der Waals surface area contributed by atoms with Gasteiger partial charge in [-0.05, 0) is 30.5 Å². The molecule has 128 valence electrons. The van der Waals surface area contributed by atoms with Crippen molar-refractivity contribution in [2.45, 2.75) is 25.4 Å². The molecule has 1 atom stereocenters. The van der Waals surface area contributed by atoms with E-state index >= 15 is 0 Å². The molecule has 2 aromatic heterocycles. The fourth-order valence-electron chi connectivity index (χ4n) is 3.39. The summed E-state index contributed by atoms with van der Waals surface area (Å²) in [6.45, 7) is 1.44. The highest BCUT2D eigenvalue weighted by Crippen LogP contribution is 2.32. The van der Waals surface area contributed by atoms with E-state index in [1.807, 2.05) is 48.6 Å². The lowest BCUT2D eigenvalue weighted by Gasteiger charge is -2.24. The van der Waals surface area contributed by atoms with Gasteiger partial charge in [-0.2, -0.15) is 10.2 Å². The highest BCUT2D eigenvalue weighted by Gasteiger charge is 2.31. The molecule has 0 N–H and O–H groups in total. The van der Waals surface area contributed by atoms with Gasteiger partial charge in [0.15, 0.2) is 0 Å². The number of benzene rings is 1. The van der Waals surface area contributed by atoms with Crippen LogP contribution in [-0.4, -0.2) is 41.9 Å². The van der Waals surface area contributed by atoms with Crippen LogP contribution in [0.25, 0.3) is 0 Å². The number of carbonyl (C=O) groups excluding carboxylic acids is 1. The van der Waals surface area contributed by atoms with Crippen molar-refractivity contribution in [3.05, 3.63) is 66.0 Å². The highest BCUT2D eigenvalue weighted by atomic mass is 16.2. The normalized spacial score (nSPS) is 17.2. The number of hydrogen-bond donors (Lipinski definition) is 0. The zero-order valence-electron chi connectivity index (χ0n) is 14.1. The summed E-state index contributed by atoms with van der Waals surface area (Å²) in [5, 5.41) is 8.34. The first-order chi connectivity index (χ1) is 12.2. The maximum Gasteiger partial charge on any atom is 0.254 e. The molecule has 25 heavy (non-hydrogen) atoms. The van der Waals surface area contributed by atoms with Crippen LogP contribution in [0.15, 0.2) is 49.3 Å². The lowest BCUT2D eigenvalue weighted by molar-refractivity contribution is 0.0735. The Labute approximate surface area is 145 Å². The van der Waals surface area contributed by atoms with E-state index in [9.17, 15) is 4.79 Å². The van der Waals surface area contributed by atoms with Crippen LogP contribution < -0.4 is 0 Å². The molecule has 1 amide bonds. The quantitative estimate of drug-likeness (QED) is 0.731. The number of carbonyl (C=O) groups is 1. The van der Waals surface area contributed by atoms with E-state index < -0.39 is 0 Å². The fourth-order valence-corrected chi connectivity index (χ4v) is 3.39. The van der Waals surface area contributed by atoms with Gasteiger partial charge in [0, 0.05) is 30.9 Å². The van der Waals surface area contributed by atoms with Crippen LogP contribution in [0.4, 0.5) is 0 Å². The molecule has 4 rings (SSSR count). The molecular formula is C18H20N6O. The smallest absolute Gasteiger partial charge is 0.254 e. The maximum absolute atomic E-state index is 12.9. The van der Waals surface area contributed by atoms with Crippen LogP contribution in [0.2, 0.25) is 0 Å². The van der Waals surface area contributed by atoms with Crippen LogP contribution in [-0.2, 0) is 13.6 Å². The Balaban J connectivity index is 1.50. The van der Waals surface area contributed by atoms with Gasteiger partial charge in [-0.3, -0.25) is 9.48 Å². The third-order valence-electron chi connectivity index (χ3n) is 4.64. The minimum Gasteiger partial charge on any atom is -0.331 e. The monoisotopic (exact) mass is 336 g/mol. The Bertz CT molecular complexity index is 852. The van der Waals surface area contributed by atoms with Gasteiger partial charge in [-0.1, -0.05) is 12.1 Å². The number of aryl methyl sites for hydroxylation is 1. The van der Waals surface area contributed by atoms with Crippen molar-refractivity contribution in [2.24, 2.45) is 7.05 Å². The van der Waals surface area contributed by atoms with Crippen LogP contribution in [0.5, 0.6) is 0 Å². The molecule has 3 heterocycles. The van der Waals surface area contributed by atoms with Crippen LogP contribution >= 0.6 is 0 Å². The summed E-state index contributed by atoms with van der Waals surface area (Å²) in [6, 6.07) is 7.87. The molecule has 3 aromatic rings. The molecule has 0 bridgehead atoms. The summed E-state index contributed by atoms with van der Waals surface area (Å²) >= 11 is 0. The van der Waals surface area contributed by atoms with Crippen LogP contribution in [0, 0.1) is 0 Å². The van der Waals surface area contributed by atoms with E-state index in [1.165, 1.54) is 6.33 Å². The van der Waals surface area contributed by atoms with Crippen molar-refractivity contribution in [1.82, 2.24) is 29.4 Å². The summed E-state index contributed by atoms with van der Waals surface area (Å²) in [5.74, 6) is 0.0821. The molecule has 7 nitrogen and oxygen atoms in total. The Morgan fingerprint density at radius 1 is 1.24 bits per heavy atom. The molecular weight excluding hydrogens is 316 g/mol. The zero-order valence-corrected chi connectivity index (χ0v) is 14.1. The zero-order chi connectivity index (χ0) is 17.2. The lowest BCUT2D eigenvalue weighted by Crippen LogP contribution is -2.30. The van der Waals surface area contributed by atoms with Gasteiger partial charge in [-0.25, -0.2) is 9.67 Å². The lowest BCUT2D eigenvalue weighted by atomic mass is 10.1. The molecule has 1 fully saturated rings. The third-order valence-corrected chi connectivity index (χ3v) is 4.64. The number of rotatable bonds is 4. The van der Waals surface area contributed by atoms with E-state index in [4.69, 9.17) is 0 Å². The second kappa shape index (κ2) is 6.51.